The van der Waals surface area contributed by atoms with Crippen molar-refractivity contribution in [3.8, 4) is 0 Å². The van der Waals surface area contributed by atoms with Gasteiger partial charge in [-0.3, -0.25) is 9.69 Å². The number of rotatable bonds is 14. The molecular weight excluding hydrogens is 590 g/mol. The maximum absolute atomic E-state index is 13.9. The Morgan fingerprint density at radius 3 is 2.46 bits per heavy atom. The first-order valence-corrected chi connectivity index (χ1v) is 18.7. The van der Waals surface area contributed by atoms with E-state index in [9.17, 15) is 4.79 Å². The van der Waals surface area contributed by atoms with E-state index < -0.39 is 0 Å². The molecule has 3 aromatic rings. The van der Waals surface area contributed by atoms with Gasteiger partial charge in [-0.15, -0.1) is 0 Å². The summed E-state index contributed by atoms with van der Waals surface area (Å²) >= 11 is 0. The second-order valence-corrected chi connectivity index (χ2v) is 15.5. The summed E-state index contributed by atoms with van der Waals surface area (Å²) in [5.74, 6) is 1.00. The van der Waals surface area contributed by atoms with Gasteiger partial charge in [-0.05, 0) is 128 Å². The molecular formula is C42H63N5O. The minimum Gasteiger partial charge on any atom is -0.337 e. The second kappa shape index (κ2) is 17.2. The molecule has 2 aliphatic rings. The Balaban J connectivity index is 1.25. The van der Waals surface area contributed by atoms with Gasteiger partial charge in [0.1, 0.15) is 0 Å². The Bertz CT molecular complexity index is 1470. The molecule has 0 bridgehead atoms. The fraction of sp³-hybridized carbons (Fsp3) is 0.595. The molecule has 1 heterocycles. The normalized spacial score (nSPS) is 22.9. The van der Waals surface area contributed by atoms with Crippen LogP contribution in [0.2, 0.25) is 0 Å². The largest absolute Gasteiger partial charge is 0.337 e. The van der Waals surface area contributed by atoms with Crippen LogP contribution in [-0.2, 0) is 17.6 Å². The summed E-state index contributed by atoms with van der Waals surface area (Å²) in [4.78, 5) is 23.7. The number of carbonyl (C=O) groups excluding carboxylic acids is 1. The number of nitrogens with zero attached hydrogens (tertiary/aromatic N) is 4. The molecule has 3 aromatic carbocycles. The molecule has 0 radical (unpaired) electrons. The maximum Gasteiger partial charge on any atom is 0.227 e. The molecule has 2 fully saturated rings. The third-order valence-electron chi connectivity index (χ3n) is 11.4. The van der Waals surface area contributed by atoms with Gasteiger partial charge in [0, 0.05) is 43.8 Å². The highest BCUT2D eigenvalue weighted by atomic mass is 16.2. The van der Waals surface area contributed by atoms with Crippen LogP contribution in [0, 0.1) is 19.8 Å². The topological polar surface area (TPSA) is 42.1 Å². The number of amides is 1. The molecule has 48 heavy (non-hydrogen) atoms. The summed E-state index contributed by atoms with van der Waals surface area (Å²) in [6, 6.07) is 23.4. The van der Waals surface area contributed by atoms with Gasteiger partial charge >= 0.3 is 0 Å². The standard InChI is InChI=1S/C42H63N5O/c1-31-18-20-36(32(2)23-31)26-40(44(4)5)29-46-28-33(3)47(42(48)25-34-19-21-35-13-8-9-14-37(35)24-34)30-39(46)16-12-22-43-27-38-15-10-11-17-41(38)45(6)7/h8-9,13-14,18-21,23-24,33,38-41,43H,10-12,15-17,22,25-30H2,1-7H3/t33-,38?,39+,40-,41?/m1/s1. The minimum atomic E-state index is 0.186. The van der Waals surface area contributed by atoms with Crippen molar-refractivity contribution in [2.75, 3.05) is 60.9 Å². The summed E-state index contributed by atoms with van der Waals surface area (Å²) in [7, 11) is 8.95. The summed E-state index contributed by atoms with van der Waals surface area (Å²) < 4.78 is 0. The number of aryl methyl sites for hydroxylation is 2. The summed E-state index contributed by atoms with van der Waals surface area (Å²) in [5, 5.41) is 6.28. The van der Waals surface area contributed by atoms with Crippen molar-refractivity contribution in [2.45, 2.75) is 96.3 Å². The fourth-order valence-corrected chi connectivity index (χ4v) is 8.45. The van der Waals surface area contributed by atoms with E-state index in [0.29, 0.717) is 24.5 Å². The molecule has 1 N–H and O–H groups in total. The molecule has 1 aliphatic carbocycles. The zero-order chi connectivity index (χ0) is 34.2. The zero-order valence-electron chi connectivity index (χ0n) is 31.0. The van der Waals surface area contributed by atoms with Crippen molar-refractivity contribution in [1.29, 1.82) is 0 Å². The first-order valence-electron chi connectivity index (χ1n) is 18.7. The number of piperazine rings is 1. The van der Waals surface area contributed by atoms with E-state index in [4.69, 9.17) is 0 Å². The first kappa shape index (κ1) is 36.5. The monoisotopic (exact) mass is 654 g/mol. The number of benzene rings is 3. The van der Waals surface area contributed by atoms with Crippen LogP contribution in [0.15, 0.2) is 60.7 Å². The van der Waals surface area contributed by atoms with Crippen LogP contribution >= 0.6 is 0 Å². The van der Waals surface area contributed by atoms with Crippen LogP contribution in [0.5, 0.6) is 0 Å². The molecule has 5 rings (SSSR count). The molecule has 2 unspecified atom stereocenters. The fourth-order valence-electron chi connectivity index (χ4n) is 8.45. The molecule has 1 saturated carbocycles. The number of carbonyl (C=O) groups is 1. The maximum atomic E-state index is 13.9. The van der Waals surface area contributed by atoms with Crippen LogP contribution in [-0.4, -0.2) is 111 Å². The lowest BCUT2D eigenvalue weighted by molar-refractivity contribution is -0.137. The van der Waals surface area contributed by atoms with Gasteiger partial charge in [0.2, 0.25) is 5.91 Å². The van der Waals surface area contributed by atoms with Crippen molar-refractivity contribution >= 4 is 16.7 Å². The van der Waals surface area contributed by atoms with E-state index in [2.05, 4.69) is 135 Å². The van der Waals surface area contributed by atoms with E-state index >= 15 is 0 Å². The molecule has 0 spiro atoms. The smallest absolute Gasteiger partial charge is 0.227 e. The number of nitrogens with one attached hydrogen (secondary N) is 1. The summed E-state index contributed by atoms with van der Waals surface area (Å²) in [6.45, 7) is 11.6. The quantitative estimate of drug-likeness (QED) is 0.200. The first-order chi connectivity index (χ1) is 23.1. The van der Waals surface area contributed by atoms with Gasteiger partial charge < -0.3 is 20.0 Å². The molecule has 1 amide bonds. The zero-order valence-corrected chi connectivity index (χ0v) is 31.0. The Hall–Kier alpha value is -2.77. The van der Waals surface area contributed by atoms with Gasteiger partial charge in [0.05, 0.1) is 6.42 Å². The number of hydrogen-bond acceptors (Lipinski definition) is 5. The van der Waals surface area contributed by atoms with Crippen LogP contribution in [0.25, 0.3) is 10.8 Å². The van der Waals surface area contributed by atoms with Gasteiger partial charge in [-0.2, -0.15) is 0 Å². The molecule has 1 aliphatic heterocycles. The lowest BCUT2D eigenvalue weighted by Gasteiger charge is -2.47. The van der Waals surface area contributed by atoms with Crippen LogP contribution in [0.3, 0.4) is 0 Å². The lowest BCUT2D eigenvalue weighted by atomic mass is 9.84. The Morgan fingerprint density at radius 2 is 1.71 bits per heavy atom. The average molecular weight is 654 g/mol. The molecule has 0 aromatic heterocycles. The van der Waals surface area contributed by atoms with Crippen LogP contribution < -0.4 is 5.32 Å². The van der Waals surface area contributed by atoms with Crippen molar-refractivity contribution in [1.82, 2.24) is 24.9 Å². The lowest BCUT2D eigenvalue weighted by Crippen LogP contribution is -2.61. The van der Waals surface area contributed by atoms with Crippen molar-refractivity contribution < 1.29 is 4.79 Å². The van der Waals surface area contributed by atoms with E-state index in [1.165, 1.54) is 53.1 Å². The highest BCUT2D eigenvalue weighted by molar-refractivity contribution is 5.85. The Labute approximate surface area is 291 Å². The highest BCUT2D eigenvalue weighted by Gasteiger charge is 2.35. The van der Waals surface area contributed by atoms with Crippen molar-refractivity contribution in [3.05, 3.63) is 82.9 Å². The van der Waals surface area contributed by atoms with Gasteiger partial charge in [0.25, 0.3) is 0 Å². The summed E-state index contributed by atoms with van der Waals surface area (Å²) in [5.41, 5.74) is 5.26. The number of likely N-dealkylation sites (N-methyl/N-ethyl adjacent to an activating group) is 1. The van der Waals surface area contributed by atoms with Crippen LogP contribution in [0.4, 0.5) is 0 Å². The predicted octanol–water partition coefficient (Wildman–Crippen LogP) is 6.56. The Morgan fingerprint density at radius 1 is 0.938 bits per heavy atom. The number of fused-ring (bicyclic) bond motifs is 1. The van der Waals surface area contributed by atoms with Crippen LogP contribution in [0.1, 0.15) is 67.7 Å². The second-order valence-electron chi connectivity index (χ2n) is 15.5. The van der Waals surface area contributed by atoms with Gasteiger partial charge in [-0.25, -0.2) is 0 Å². The van der Waals surface area contributed by atoms with E-state index in [0.717, 1.165) is 63.5 Å². The molecule has 6 nitrogen and oxygen atoms in total. The molecule has 6 heteroatoms. The third kappa shape index (κ3) is 9.68. The van der Waals surface area contributed by atoms with E-state index in [1.54, 1.807) is 0 Å². The minimum absolute atomic E-state index is 0.186. The predicted molar refractivity (Wildman–Crippen MR) is 203 cm³/mol. The van der Waals surface area contributed by atoms with Crippen molar-refractivity contribution in [2.24, 2.45) is 5.92 Å². The molecule has 1 saturated heterocycles. The van der Waals surface area contributed by atoms with E-state index in [-0.39, 0.29) is 11.9 Å². The average Bonchev–Trinajstić information content (AvgIpc) is 3.06. The molecule has 5 atom stereocenters. The van der Waals surface area contributed by atoms with Crippen molar-refractivity contribution in [3.63, 3.8) is 0 Å². The highest BCUT2D eigenvalue weighted by Crippen LogP contribution is 2.27. The number of hydrogen-bond donors (Lipinski definition) is 1. The molecule has 262 valence electrons. The SMILES string of the molecule is Cc1ccc(C[C@H](CN2C[C@@H](C)N(C(=O)Cc3ccc4ccccc4c3)C[C@@H]2CCCNCC2CCCCC2N(C)C)N(C)C)c(C)c1. The van der Waals surface area contributed by atoms with E-state index in [1.807, 2.05) is 0 Å². The third-order valence-corrected chi connectivity index (χ3v) is 11.4. The summed E-state index contributed by atoms with van der Waals surface area (Å²) in [6.07, 6.45) is 9.13. The van der Waals surface area contributed by atoms with Gasteiger partial charge in [-0.1, -0.05) is 79.1 Å². The Kier molecular flexibility index (Phi) is 13.1. The van der Waals surface area contributed by atoms with Gasteiger partial charge in [0.15, 0.2) is 0 Å².